The van der Waals surface area contributed by atoms with E-state index in [2.05, 4.69) is 40.5 Å². The first kappa shape index (κ1) is 48.9. The Hall–Kier alpha value is -5.02. The van der Waals surface area contributed by atoms with Gasteiger partial charge in [0.1, 0.15) is 36.3 Å². The zero-order valence-corrected chi connectivity index (χ0v) is 37.3. The van der Waals surface area contributed by atoms with Crippen LogP contribution in [0.5, 0.6) is 0 Å². The topological polar surface area (TPSA) is 333 Å². The lowest BCUT2D eigenvalue weighted by Crippen LogP contribution is -2.35. The minimum Gasteiger partial charge on any atom is -0.382 e. The molecule has 4 aromatic heterocycles. The van der Waals surface area contributed by atoms with E-state index >= 15 is 8.78 Å². The number of alkyl halides is 2. The minimum absolute atomic E-state index is 0.0264. The van der Waals surface area contributed by atoms with E-state index in [0.717, 1.165) is 35.6 Å². The number of hydrogen-bond acceptors (Lipinski definition) is 20. The molecular weight excluding hydrogens is 933 g/mol. The predicted molar refractivity (Wildman–Crippen MR) is 234 cm³/mol. The Kier molecular flexibility index (Phi) is 16.4. The number of nitrogens with two attached hydrogens (primary N) is 3. The lowest BCUT2D eigenvalue weighted by atomic mass is 10.1. The van der Waals surface area contributed by atoms with Crippen LogP contribution in [0.4, 0.5) is 26.2 Å². The van der Waals surface area contributed by atoms with Crippen LogP contribution in [-0.2, 0) is 52.3 Å². The highest BCUT2D eigenvalue weighted by Gasteiger charge is 2.51. The maximum Gasteiger partial charge on any atom is 0.327 e. The van der Waals surface area contributed by atoms with Crippen LogP contribution < -0.4 is 33.4 Å². The zero-order valence-electron chi connectivity index (χ0n) is 34.7. The number of halogens is 2. The molecule has 9 N–H and O–H groups in total. The largest absolute Gasteiger partial charge is 0.382 e. The maximum absolute atomic E-state index is 16.6. The number of amides is 2. The number of unbranched alkanes of at least 4 members (excludes halogenated alkanes) is 2. The number of thioether (sulfide) groups is 1. The number of nitrogen functional groups attached to an aromatic ring is 2. The number of imidazole rings is 2. The van der Waals surface area contributed by atoms with Crippen LogP contribution >= 0.6 is 27.9 Å². The van der Waals surface area contributed by atoms with Crippen molar-refractivity contribution in [1.82, 2.24) is 44.4 Å². The summed E-state index contributed by atoms with van der Waals surface area (Å²) in [6.07, 6.45) is -7.00. The van der Waals surface area contributed by atoms with E-state index in [9.17, 15) is 23.5 Å². The summed E-state index contributed by atoms with van der Waals surface area (Å²) in [6.45, 7) is -0.675. The highest BCUT2D eigenvalue weighted by Crippen LogP contribution is 2.50. The Labute approximate surface area is 380 Å². The lowest BCUT2D eigenvalue weighted by Gasteiger charge is -2.25. The molecule has 0 bridgehead atoms. The number of fused-ring (bicyclic) bond motifs is 2. The number of ether oxygens (including phenoxy) is 3. The van der Waals surface area contributed by atoms with E-state index in [1.54, 1.807) is 24.3 Å². The van der Waals surface area contributed by atoms with Gasteiger partial charge in [-0.25, -0.2) is 33.3 Å². The van der Waals surface area contributed by atoms with Crippen LogP contribution in [0.3, 0.4) is 0 Å². The number of rotatable bonds is 23. The van der Waals surface area contributed by atoms with E-state index in [1.807, 2.05) is 0 Å². The first-order valence-corrected chi connectivity index (χ1v) is 23.7. The van der Waals surface area contributed by atoms with Gasteiger partial charge in [0.05, 0.1) is 38.4 Å². The molecule has 30 heteroatoms. The molecule has 0 aliphatic carbocycles. The number of nitrogens with zero attached hydrogens (tertiary/aromatic N) is 7. The molecule has 2 saturated heterocycles. The molecule has 2 aliphatic heterocycles. The highest BCUT2D eigenvalue weighted by atomic mass is 32.2. The second-order valence-corrected chi connectivity index (χ2v) is 17.7. The van der Waals surface area contributed by atoms with Crippen LogP contribution in [0.25, 0.3) is 22.3 Å². The maximum atomic E-state index is 16.6. The van der Waals surface area contributed by atoms with Gasteiger partial charge in [0.2, 0.25) is 25.3 Å². The van der Waals surface area contributed by atoms with Crippen LogP contribution in [0.1, 0.15) is 43.7 Å². The number of carbonyl (C=O) groups excluding carboxylic acids is 2. The Morgan fingerprint density at radius 3 is 2.36 bits per heavy atom. The summed E-state index contributed by atoms with van der Waals surface area (Å²) in [7, 11) is 0.319. The van der Waals surface area contributed by atoms with E-state index in [1.165, 1.54) is 22.7 Å². The number of benzene rings is 1. The third kappa shape index (κ3) is 11.7. The quantitative estimate of drug-likeness (QED) is 0.0237. The smallest absolute Gasteiger partial charge is 0.327 e. The number of aromatic nitrogens is 8. The molecule has 0 saturated carbocycles. The molecule has 5 aromatic rings. The Morgan fingerprint density at radius 2 is 1.64 bits per heavy atom. The molecule has 66 heavy (non-hydrogen) atoms. The van der Waals surface area contributed by atoms with Crippen molar-refractivity contribution in [1.29, 1.82) is 0 Å². The molecule has 2 amide bonds. The van der Waals surface area contributed by atoms with Gasteiger partial charge < -0.3 is 51.1 Å². The Bertz CT molecular complexity index is 2600. The van der Waals surface area contributed by atoms with Gasteiger partial charge in [-0.05, 0) is 37.1 Å². The SMILES string of the molecule is [B]P(=O)(OC[C@H]1O[C@@H](n2cnc3c(N)ncnc32)[C@H](F)[C@@H]1OP=O)O[C@H]1[C@@H](F)[C@H](n2cnc3c(=O)[nH]c(N)nc32)O[C@@H]1COCSCc1ccc(NC(=O)CNC(=O)CCCCCN)cc1. The molecule has 7 rings (SSSR count). The van der Waals surface area contributed by atoms with Crippen LogP contribution in [0.15, 0.2) is 48.0 Å². The van der Waals surface area contributed by atoms with Gasteiger partial charge in [-0.3, -0.25) is 37.6 Å². The number of hydrogen-bond donors (Lipinski definition) is 6. The Morgan fingerprint density at radius 1 is 0.939 bits per heavy atom. The average Bonchev–Trinajstić information content (AvgIpc) is 4.06. The van der Waals surface area contributed by atoms with Crippen molar-refractivity contribution in [3.05, 3.63) is 59.2 Å². The molecule has 1 aromatic carbocycles. The molecule has 2 radical (unpaired) electrons. The van der Waals surface area contributed by atoms with Gasteiger partial charge in [-0.15, -0.1) is 11.8 Å². The first-order valence-electron chi connectivity index (χ1n) is 20.2. The van der Waals surface area contributed by atoms with Crippen molar-refractivity contribution >= 4 is 87.1 Å². The summed E-state index contributed by atoms with van der Waals surface area (Å²) in [6, 6.07) is 7.01. The molecule has 2 aliphatic rings. The standard InChI is InChI=1S/C36H44BF2N13O11P2S/c37-65(57,59-12-21-28(62-64-56)24(38)34(61-21)51-15-46-26-30(41)44-14-45-31(26)51)63-29-20(60-35(25(29)39)52-16-47-27-32(52)49-36(42)50-33(27)55)11-58-17-66-13-18-5-7-19(8-6-18)48-23(54)10-43-22(53)4-2-1-3-9-40/h5-8,14-16,20-21,24-25,28-29,34-35H,1-4,9-13,17,40H2,(H,43,53)(H,48,54)(H2,41,44,45)(H3,42,49,50,55)/t20-,21-,24-,25-,28-,29-,34-,35-,65?/m1/s1. The van der Waals surface area contributed by atoms with Gasteiger partial charge in [-0.1, -0.05) is 18.6 Å². The summed E-state index contributed by atoms with van der Waals surface area (Å²) < 4.78 is 93.7. The van der Waals surface area contributed by atoms with Crippen molar-refractivity contribution < 1.29 is 55.3 Å². The number of carbonyl (C=O) groups is 2. The van der Waals surface area contributed by atoms with E-state index in [-0.39, 0.29) is 65.0 Å². The second-order valence-electron chi connectivity index (χ2n) is 14.9. The molecule has 6 heterocycles. The van der Waals surface area contributed by atoms with E-state index in [4.69, 9.17) is 52.5 Å². The van der Waals surface area contributed by atoms with Crippen LogP contribution in [-0.4, -0.2) is 127 Å². The average molecular weight is 978 g/mol. The zero-order chi connectivity index (χ0) is 47.0. The third-order valence-corrected chi connectivity index (χ3v) is 12.5. The number of anilines is 3. The molecule has 2 fully saturated rings. The normalized spacial score (nSPS) is 24.0. The van der Waals surface area contributed by atoms with Crippen molar-refractivity contribution in [2.75, 3.05) is 49.0 Å². The molecular formula is C36H44BF2N13O11P2S. The van der Waals surface area contributed by atoms with Crippen molar-refractivity contribution in [3.63, 3.8) is 0 Å². The first-order chi connectivity index (χ1) is 31.8. The van der Waals surface area contributed by atoms with Gasteiger partial charge in [0.25, 0.3) is 13.0 Å². The van der Waals surface area contributed by atoms with Crippen LogP contribution in [0, 0.1) is 0 Å². The highest BCUT2D eigenvalue weighted by molar-refractivity contribution is 7.98. The molecule has 9 atom stereocenters. The van der Waals surface area contributed by atoms with Crippen LogP contribution in [0.2, 0.25) is 0 Å². The number of nitrogens with one attached hydrogen (secondary N) is 3. The van der Waals surface area contributed by atoms with Gasteiger partial charge in [-0.2, -0.15) is 4.98 Å². The van der Waals surface area contributed by atoms with Gasteiger partial charge in [0, 0.05) is 17.9 Å². The molecule has 1 unspecified atom stereocenters. The van der Waals surface area contributed by atoms with Gasteiger partial charge in [0.15, 0.2) is 47.4 Å². The monoisotopic (exact) mass is 977 g/mol. The van der Waals surface area contributed by atoms with E-state index in [0.29, 0.717) is 30.8 Å². The second kappa shape index (κ2) is 22.2. The summed E-state index contributed by atoms with van der Waals surface area (Å²) >= 11 is 1.34. The fraction of sp³-hybridized carbons (Fsp3) is 0.500. The lowest BCUT2D eigenvalue weighted by molar-refractivity contribution is -0.124. The number of aromatic amines is 1. The van der Waals surface area contributed by atoms with E-state index < -0.39 is 77.5 Å². The third-order valence-electron chi connectivity index (χ3n) is 10.3. The Balaban J connectivity index is 0.960. The summed E-state index contributed by atoms with van der Waals surface area (Å²) in [5.41, 5.74) is 17.8. The van der Waals surface area contributed by atoms with Crippen molar-refractivity contribution in [2.24, 2.45) is 5.73 Å². The molecule has 352 valence electrons. The van der Waals surface area contributed by atoms with Crippen molar-refractivity contribution in [2.45, 2.75) is 80.7 Å². The summed E-state index contributed by atoms with van der Waals surface area (Å²) in [4.78, 5) is 59.2. The van der Waals surface area contributed by atoms with Gasteiger partial charge >= 0.3 is 8.69 Å². The fourth-order valence-corrected chi connectivity index (χ4v) is 9.20. The number of H-pyrrole nitrogens is 1. The summed E-state index contributed by atoms with van der Waals surface area (Å²) in [5.74, 6) is -0.319. The molecule has 24 nitrogen and oxygen atoms in total. The minimum atomic E-state index is -4.78. The van der Waals surface area contributed by atoms with Crippen molar-refractivity contribution in [3.8, 4) is 0 Å². The summed E-state index contributed by atoms with van der Waals surface area (Å²) in [5, 5.41) is 5.32. The predicted octanol–water partition coefficient (Wildman–Crippen LogP) is 2.35. The molecule has 0 spiro atoms. The fourth-order valence-electron chi connectivity index (χ4n) is 7.11.